The van der Waals surface area contributed by atoms with Gasteiger partial charge in [0.2, 0.25) is 0 Å². The summed E-state index contributed by atoms with van der Waals surface area (Å²) in [5, 5.41) is 0. The van der Waals surface area contributed by atoms with Crippen LogP contribution in [0.2, 0.25) is 0 Å². The van der Waals surface area contributed by atoms with Crippen molar-refractivity contribution in [1.29, 1.82) is 0 Å². The van der Waals surface area contributed by atoms with Crippen LogP contribution in [0.1, 0.15) is 57.8 Å². The Morgan fingerprint density at radius 2 is 1.06 bits per heavy atom. The highest BCUT2D eigenvalue weighted by Gasteiger charge is 2.01. The molecule has 0 aromatic heterocycles. The number of rotatable bonds is 15. The molecule has 0 spiro atoms. The van der Waals surface area contributed by atoms with Gasteiger partial charge < -0.3 is 20.9 Å². The van der Waals surface area contributed by atoms with Crippen molar-refractivity contribution in [2.75, 3.05) is 24.7 Å². The maximum absolute atomic E-state index is 5.90. The number of benzene rings is 3. The van der Waals surface area contributed by atoms with Gasteiger partial charge in [0.25, 0.3) is 0 Å². The van der Waals surface area contributed by atoms with Gasteiger partial charge in [-0.15, -0.1) is 0 Å². The van der Waals surface area contributed by atoms with E-state index in [2.05, 4.69) is 48.5 Å². The summed E-state index contributed by atoms with van der Waals surface area (Å²) in [6.07, 6.45) is 11.1. The Labute approximate surface area is 198 Å². The summed E-state index contributed by atoms with van der Waals surface area (Å²) in [6, 6.07) is 24.2. The third kappa shape index (κ3) is 9.09. The molecule has 3 rings (SSSR count). The Morgan fingerprint density at radius 3 is 1.67 bits per heavy atom. The van der Waals surface area contributed by atoms with Gasteiger partial charge in [-0.25, -0.2) is 0 Å². The monoisotopic (exact) mass is 446 g/mol. The van der Waals surface area contributed by atoms with E-state index in [1.54, 1.807) is 6.07 Å². The van der Waals surface area contributed by atoms with Crippen molar-refractivity contribution in [3.63, 3.8) is 0 Å². The van der Waals surface area contributed by atoms with Gasteiger partial charge in [-0.05, 0) is 54.3 Å². The second kappa shape index (κ2) is 14.1. The normalized spacial score (nSPS) is 10.8. The summed E-state index contributed by atoms with van der Waals surface area (Å²) in [5.74, 6) is 1.69. The molecule has 0 unspecified atom stereocenters. The van der Waals surface area contributed by atoms with Crippen molar-refractivity contribution in [2.45, 2.75) is 57.8 Å². The van der Waals surface area contributed by atoms with E-state index >= 15 is 0 Å². The Balaban J connectivity index is 1.13. The summed E-state index contributed by atoms with van der Waals surface area (Å²) in [4.78, 5) is 0. The van der Waals surface area contributed by atoms with Crippen LogP contribution in [0.3, 0.4) is 0 Å². The molecule has 0 atom stereocenters. The lowest BCUT2D eigenvalue weighted by molar-refractivity contribution is 0.303. The maximum atomic E-state index is 5.90. The zero-order valence-electron chi connectivity index (χ0n) is 19.7. The van der Waals surface area contributed by atoms with Crippen LogP contribution in [0.5, 0.6) is 11.5 Å². The highest BCUT2D eigenvalue weighted by atomic mass is 16.5. The summed E-state index contributed by atoms with van der Waals surface area (Å²) in [6.45, 7) is 1.51. The molecular formula is C29H38N2O2. The minimum atomic E-state index is 0.612. The third-order valence-electron chi connectivity index (χ3n) is 5.81. The van der Waals surface area contributed by atoms with Crippen molar-refractivity contribution >= 4 is 11.4 Å². The lowest BCUT2D eigenvalue weighted by Crippen LogP contribution is -2.01. The second-order valence-electron chi connectivity index (χ2n) is 8.57. The first-order valence-corrected chi connectivity index (χ1v) is 12.3. The number of nitrogens with two attached hydrogens (primary N) is 2. The first-order chi connectivity index (χ1) is 16.2. The Morgan fingerprint density at radius 1 is 0.515 bits per heavy atom. The molecule has 0 amide bonds. The molecule has 0 aliphatic rings. The average Bonchev–Trinajstić information content (AvgIpc) is 2.84. The molecule has 0 heterocycles. The molecule has 0 radical (unpaired) electrons. The van der Waals surface area contributed by atoms with E-state index in [0.717, 1.165) is 30.9 Å². The number of hydrogen-bond donors (Lipinski definition) is 2. The average molecular weight is 447 g/mol. The number of hydrogen-bond acceptors (Lipinski definition) is 4. The molecule has 0 fully saturated rings. The summed E-state index contributed by atoms with van der Waals surface area (Å²) < 4.78 is 11.6. The minimum Gasteiger partial charge on any atom is -0.494 e. The molecule has 33 heavy (non-hydrogen) atoms. The van der Waals surface area contributed by atoms with E-state index in [1.807, 2.05) is 18.2 Å². The largest absolute Gasteiger partial charge is 0.494 e. The smallest absolute Gasteiger partial charge is 0.142 e. The number of unbranched alkanes of at least 4 members (excludes halogenated alkanes) is 8. The molecule has 0 aliphatic heterocycles. The van der Waals surface area contributed by atoms with Crippen LogP contribution in [0.15, 0.2) is 72.8 Å². The second-order valence-corrected chi connectivity index (χ2v) is 8.57. The van der Waals surface area contributed by atoms with Gasteiger partial charge in [0, 0.05) is 5.69 Å². The lowest BCUT2D eigenvalue weighted by Gasteiger charge is -2.09. The van der Waals surface area contributed by atoms with Crippen LogP contribution < -0.4 is 20.9 Å². The van der Waals surface area contributed by atoms with Crippen molar-refractivity contribution in [3.8, 4) is 22.6 Å². The van der Waals surface area contributed by atoms with Crippen molar-refractivity contribution < 1.29 is 9.47 Å². The fourth-order valence-electron chi connectivity index (χ4n) is 3.89. The SMILES string of the molecule is Nc1ccc(OCCCCCCCCCCCOc2ccc(-c3ccccc3)cc2)c(N)c1. The molecule has 3 aromatic carbocycles. The maximum Gasteiger partial charge on any atom is 0.142 e. The third-order valence-corrected chi connectivity index (χ3v) is 5.81. The van der Waals surface area contributed by atoms with Gasteiger partial charge in [-0.3, -0.25) is 0 Å². The van der Waals surface area contributed by atoms with Gasteiger partial charge in [-0.2, -0.15) is 0 Å². The van der Waals surface area contributed by atoms with E-state index in [4.69, 9.17) is 20.9 Å². The van der Waals surface area contributed by atoms with Gasteiger partial charge >= 0.3 is 0 Å². The van der Waals surface area contributed by atoms with Crippen LogP contribution in [-0.2, 0) is 0 Å². The Bertz CT molecular complexity index is 926. The number of ether oxygens (including phenoxy) is 2. The first kappa shape index (κ1) is 24.5. The van der Waals surface area contributed by atoms with E-state index in [-0.39, 0.29) is 0 Å². The van der Waals surface area contributed by atoms with Crippen molar-refractivity contribution in [2.24, 2.45) is 0 Å². The van der Waals surface area contributed by atoms with Gasteiger partial charge in [0.15, 0.2) is 0 Å². The van der Waals surface area contributed by atoms with Crippen LogP contribution in [0, 0.1) is 0 Å². The Hall–Kier alpha value is -3.14. The van der Waals surface area contributed by atoms with Gasteiger partial charge in [0.1, 0.15) is 11.5 Å². The highest BCUT2D eigenvalue weighted by Crippen LogP contribution is 2.24. The molecule has 0 saturated carbocycles. The first-order valence-electron chi connectivity index (χ1n) is 12.3. The quantitative estimate of drug-likeness (QED) is 0.187. The van der Waals surface area contributed by atoms with Crippen LogP contribution in [0.4, 0.5) is 11.4 Å². The molecule has 4 N–H and O–H groups in total. The summed E-state index contributed by atoms with van der Waals surface area (Å²) in [5.41, 5.74) is 15.3. The predicted octanol–water partition coefficient (Wildman–Crippen LogP) is 7.49. The molecule has 4 heteroatoms. The molecular weight excluding hydrogens is 408 g/mol. The zero-order valence-corrected chi connectivity index (χ0v) is 19.7. The summed E-state index contributed by atoms with van der Waals surface area (Å²) >= 11 is 0. The van der Waals surface area contributed by atoms with Crippen LogP contribution in [-0.4, -0.2) is 13.2 Å². The minimum absolute atomic E-state index is 0.612. The number of nitrogen functional groups attached to an aromatic ring is 2. The van der Waals surface area contributed by atoms with E-state index in [9.17, 15) is 0 Å². The summed E-state index contributed by atoms with van der Waals surface area (Å²) in [7, 11) is 0. The van der Waals surface area contributed by atoms with E-state index in [1.165, 1.54) is 56.1 Å². The fourth-order valence-corrected chi connectivity index (χ4v) is 3.89. The van der Waals surface area contributed by atoms with Crippen molar-refractivity contribution in [3.05, 3.63) is 72.8 Å². The molecule has 0 saturated heterocycles. The molecule has 3 aromatic rings. The fraction of sp³-hybridized carbons (Fsp3) is 0.379. The van der Waals surface area contributed by atoms with E-state index < -0.39 is 0 Å². The topological polar surface area (TPSA) is 70.5 Å². The van der Waals surface area contributed by atoms with Crippen molar-refractivity contribution in [1.82, 2.24) is 0 Å². The van der Waals surface area contributed by atoms with Crippen LogP contribution >= 0.6 is 0 Å². The zero-order chi connectivity index (χ0) is 23.1. The van der Waals surface area contributed by atoms with Crippen LogP contribution in [0.25, 0.3) is 11.1 Å². The van der Waals surface area contributed by atoms with E-state index in [0.29, 0.717) is 18.0 Å². The molecule has 0 bridgehead atoms. The standard InChI is InChI=1S/C29H38N2O2/c30-26-17-20-29(28(31)23-26)33-22-12-7-5-3-1-2-4-6-11-21-32-27-18-15-25(16-19-27)24-13-9-8-10-14-24/h8-10,13-20,23H,1-7,11-12,21-22,30-31H2. The molecule has 0 aliphatic carbocycles. The van der Waals surface area contributed by atoms with Gasteiger partial charge in [0.05, 0.1) is 18.9 Å². The van der Waals surface area contributed by atoms with Gasteiger partial charge in [-0.1, -0.05) is 87.4 Å². The highest BCUT2D eigenvalue weighted by molar-refractivity contribution is 5.64. The lowest BCUT2D eigenvalue weighted by atomic mass is 10.1. The Kier molecular flexibility index (Phi) is 10.5. The number of anilines is 2. The predicted molar refractivity (Wildman–Crippen MR) is 140 cm³/mol. The molecule has 176 valence electrons. The molecule has 4 nitrogen and oxygen atoms in total.